The molecular weight excluding hydrogens is 491 g/mol. The average Bonchev–Trinajstić information content (AvgIpc) is 2.36. The molecular formula is C13H11Cl9O. The zero-order chi connectivity index (χ0) is 18.5. The van der Waals surface area contributed by atoms with Crippen LogP contribution in [0.25, 0.3) is 0 Å². The van der Waals surface area contributed by atoms with Crippen molar-refractivity contribution in [2.75, 3.05) is 0 Å². The molecule has 0 aliphatic heterocycles. The molecule has 0 bridgehead atoms. The molecule has 1 N–H and O–H groups in total. The number of rotatable bonds is 4. The summed E-state index contributed by atoms with van der Waals surface area (Å²) in [6.07, 6.45) is 0. The lowest BCUT2D eigenvalue weighted by Crippen LogP contribution is -2.54. The van der Waals surface area contributed by atoms with E-state index in [1.165, 1.54) is 12.1 Å². The van der Waals surface area contributed by atoms with Crippen LogP contribution >= 0.6 is 104 Å². The fourth-order valence-corrected chi connectivity index (χ4v) is 3.87. The van der Waals surface area contributed by atoms with Crippen LogP contribution in [0.2, 0.25) is 0 Å². The predicted molar refractivity (Wildman–Crippen MR) is 104 cm³/mol. The molecule has 10 heteroatoms. The van der Waals surface area contributed by atoms with Gasteiger partial charge in [-0.05, 0) is 25.0 Å². The second kappa shape index (κ2) is 7.08. The zero-order valence-corrected chi connectivity index (χ0v) is 18.5. The zero-order valence-electron chi connectivity index (χ0n) is 11.7. The summed E-state index contributed by atoms with van der Waals surface area (Å²) >= 11 is 54.3. The van der Waals surface area contributed by atoms with Crippen LogP contribution in [0.5, 0.6) is 0 Å². The van der Waals surface area contributed by atoms with Crippen molar-refractivity contribution in [1.29, 1.82) is 0 Å². The van der Waals surface area contributed by atoms with Crippen molar-refractivity contribution in [3.05, 3.63) is 35.4 Å². The van der Waals surface area contributed by atoms with Gasteiger partial charge in [-0.15, -0.1) is 0 Å². The molecule has 0 atom stereocenters. The van der Waals surface area contributed by atoms with Gasteiger partial charge >= 0.3 is 0 Å². The number of hydrogen-bond donors (Lipinski definition) is 1. The summed E-state index contributed by atoms with van der Waals surface area (Å²) in [5.74, 6) is 0. The molecule has 0 unspecified atom stereocenters. The molecule has 23 heavy (non-hydrogen) atoms. The van der Waals surface area contributed by atoms with Crippen molar-refractivity contribution in [2.45, 2.75) is 36.2 Å². The van der Waals surface area contributed by atoms with Crippen LogP contribution in [0.3, 0.4) is 0 Å². The monoisotopic (exact) mass is 498 g/mol. The highest BCUT2D eigenvalue weighted by Crippen LogP contribution is 2.65. The standard InChI is InChI=1S/C13H11Cl9O/c1-9(2,23)7-3-5-8(6-4-7)10(14,15)11(16,17)12(18,19)13(20,21)22/h3-6,23H,1-2H3. The van der Waals surface area contributed by atoms with Crippen molar-refractivity contribution >= 4 is 104 Å². The van der Waals surface area contributed by atoms with E-state index >= 15 is 0 Å². The molecule has 0 fully saturated rings. The number of hydrogen-bond acceptors (Lipinski definition) is 1. The Morgan fingerprint density at radius 2 is 1.00 bits per heavy atom. The van der Waals surface area contributed by atoms with Gasteiger partial charge in [0.05, 0.1) is 5.60 Å². The Balaban J connectivity index is 3.35. The van der Waals surface area contributed by atoms with Gasteiger partial charge in [0.1, 0.15) is 0 Å². The van der Waals surface area contributed by atoms with Gasteiger partial charge < -0.3 is 5.11 Å². The maximum atomic E-state index is 9.97. The summed E-state index contributed by atoms with van der Waals surface area (Å²) in [5.41, 5.74) is -0.192. The van der Waals surface area contributed by atoms with Crippen molar-refractivity contribution in [2.24, 2.45) is 0 Å². The van der Waals surface area contributed by atoms with Crippen LogP contribution in [0.1, 0.15) is 25.0 Å². The first kappa shape index (κ1) is 22.8. The molecule has 0 aliphatic carbocycles. The van der Waals surface area contributed by atoms with Gasteiger partial charge in [-0.25, -0.2) is 0 Å². The summed E-state index contributed by atoms with van der Waals surface area (Å²) in [4.78, 5) is 0. The van der Waals surface area contributed by atoms with Gasteiger partial charge in [0.15, 0.2) is 8.67 Å². The smallest absolute Gasteiger partial charge is 0.226 e. The molecule has 0 spiro atoms. The lowest BCUT2D eigenvalue weighted by molar-refractivity contribution is 0.0786. The van der Waals surface area contributed by atoms with Gasteiger partial charge in [-0.3, -0.25) is 0 Å². The molecule has 1 nitrogen and oxygen atoms in total. The predicted octanol–water partition coefficient (Wildman–Crippen LogP) is 7.26. The molecule has 0 aromatic heterocycles. The van der Waals surface area contributed by atoms with E-state index in [4.69, 9.17) is 104 Å². The Hall–Kier alpha value is 1.79. The van der Waals surface area contributed by atoms with Gasteiger partial charge in [-0.1, -0.05) is 129 Å². The lowest BCUT2D eigenvalue weighted by Gasteiger charge is -2.44. The Morgan fingerprint density at radius 3 is 1.30 bits per heavy atom. The number of benzene rings is 1. The van der Waals surface area contributed by atoms with Crippen LogP contribution in [0, 0.1) is 0 Å². The summed E-state index contributed by atoms with van der Waals surface area (Å²) in [5, 5.41) is 9.97. The average molecular weight is 502 g/mol. The van der Waals surface area contributed by atoms with Crippen molar-refractivity contribution in [3.63, 3.8) is 0 Å². The van der Waals surface area contributed by atoms with Crippen LogP contribution in [0.4, 0.5) is 0 Å². The molecule has 1 rings (SSSR count). The van der Waals surface area contributed by atoms with E-state index in [0.717, 1.165) is 0 Å². The van der Waals surface area contributed by atoms with E-state index in [0.29, 0.717) is 5.56 Å². The maximum Gasteiger partial charge on any atom is 0.226 e. The van der Waals surface area contributed by atoms with Gasteiger partial charge in [-0.2, -0.15) is 0 Å². The van der Waals surface area contributed by atoms with Gasteiger partial charge in [0.25, 0.3) is 0 Å². The second-order valence-corrected chi connectivity index (χ2v) is 11.6. The fraction of sp³-hybridized carbons (Fsp3) is 0.538. The minimum atomic E-state index is -2.34. The molecule has 0 aliphatic rings. The van der Waals surface area contributed by atoms with E-state index in [1.807, 2.05) is 0 Å². The quantitative estimate of drug-likeness (QED) is 0.430. The van der Waals surface area contributed by atoms with Crippen molar-refractivity contribution in [3.8, 4) is 0 Å². The van der Waals surface area contributed by atoms with Crippen LogP contribution < -0.4 is 0 Å². The minimum absolute atomic E-state index is 0.249. The van der Waals surface area contributed by atoms with Crippen LogP contribution in [0.15, 0.2) is 24.3 Å². The van der Waals surface area contributed by atoms with Crippen LogP contribution in [-0.4, -0.2) is 17.6 Å². The molecule has 0 saturated heterocycles. The second-order valence-electron chi connectivity index (χ2n) is 5.36. The SMILES string of the molecule is CC(C)(O)c1ccc(C(Cl)(Cl)C(Cl)(Cl)C(Cl)(Cl)C(Cl)(Cl)Cl)cc1. The third kappa shape index (κ3) is 4.38. The topological polar surface area (TPSA) is 20.2 Å². The first-order valence-electron chi connectivity index (χ1n) is 6.00. The van der Waals surface area contributed by atoms with E-state index in [9.17, 15) is 5.11 Å². The largest absolute Gasteiger partial charge is 0.386 e. The first-order valence-corrected chi connectivity index (χ1v) is 9.40. The summed E-state index contributed by atoms with van der Waals surface area (Å²) in [6.45, 7) is 3.24. The Labute approximate surface area is 180 Å². The highest BCUT2D eigenvalue weighted by molar-refractivity contribution is 6.80. The van der Waals surface area contributed by atoms with Crippen LogP contribution in [-0.2, 0) is 9.93 Å². The number of alkyl halides is 9. The van der Waals surface area contributed by atoms with E-state index < -0.39 is 22.4 Å². The Kier molecular flexibility index (Phi) is 7.02. The normalized spacial score (nSPS) is 15.0. The van der Waals surface area contributed by atoms with E-state index in [2.05, 4.69) is 0 Å². The molecule has 1 aromatic carbocycles. The van der Waals surface area contributed by atoms with Gasteiger partial charge in [0.2, 0.25) is 8.13 Å². The first-order chi connectivity index (χ1) is 9.96. The summed E-state index contributed by atoms with van der Waals surface area (Å²) < 4.78 is -8.94. The molecule has 0 heterocycles. The maximum absolute atomic E-state index is 9.97. The molecule has 0 amide bonds. The van der Waals surface area contributed by atoms with Gasteiger partial charge in [0, 0.05) is 0 Å². The molecule has 0 saturated carbocycles. The van der Waals surface area contributed by atoms with E-state index in [1.54, 1.807) is 26.0 Å². The highest BCUT2D eigenvalue weighted by atomic mass is 35.6. The Morgan fingerprint density at radius 1 is 0.652 bits per heavy atom. The van der Waals surface area contributed by atoms with Crippen molar-refractivity contribution in [1.82, 2.24) is 0 Å². The molecule has 1 aromatic rings. The lowest BCUT2D eigenvalue weighted by atomic mass is 9.95. The fourth-order valence-electron chi connectivity index (χ4n) is 1.64. The third-order valence-corrected chi connectivity index (χ3v) is 8.57. The Bertz CT molecular complexity index is 552. The molecule has 132 valence electrons. The molecule has 0 radical (unpaired) electrons. The summed E-state index contributed by atoms with van der Waals surface area (Å²) in [6, 6.07) is 6.21. The van der Waals surface area contributed by atoms with Crippen molar-refractivity contribution < 1.29 is 5.11 Å². The van der Waals surface area contributed by atoms with E-state index in [-0.39, 0.29) is 5.56 Å². The summed E-state index contributed by atoms with van der Waals surface area (Å²) in [7, 11) is 0. The third-order valence-electron chi connectivity index (χ3n) is 3.10. The minimum Gasteiger partial charge on any atom is -0.386 e. The number of halogens is 9. The highest BCUT2D eigenvalue weighted by Gasteiger charge is 2.68. The number of aliphatic hydroxyl groups is 1.